The predicted molar refractivity (Wildman–Crippen MR) is 114 cm³/mol. The zero-order chi connectivity index (χ0) is 21.7. The van der Waals surface area contributed by atoms with Crippen molar-refractivity contribution in [2.75, 3.05) is 6.26 Å². The largest absolute Gasteiger partial charge is 0.474 e. The Morgan fingerprint density at radius 1 is 1.23 bits per heavy atom. The lowest BCUT2D eigenvalue weighted by Crippen LogP contribution is -2.36. The molecule has 1 N–H and O–H groups in total. The first kappa shape index (κ1) is 21.3. The fourth-order valence-corrected chi connectivity index (χ4v) is 4.58. The molecule has 7 nitrogen and oxygen atoms in total. The van der Waals surface area contributed by atoms with Crippen LogP contribution in [-0.4, -0.2) is 42.7 Å². The van der Waals surface area contributed by atoms with Gasteiger partial charge >= 0.3 is 0 Å². The molecule has 0 saturated heterocycles. The van der Waals surface area contributed by atoms with Gasteiger partial charge in [0.15, 0.2) is 9.84 Å². The lowest BCUT2D eigenvalue weighted by atomic mass is 9.95. The number of nitrogens with one attached hydrogen (secondary N) is 1. The molecule has 1 amide bonds. The van der Waals surface area contributed by atoms with Crippen molar-refractivity contribution >= 4 is 15.7 Å². The van der Waals surface area contributed by atoms with Crippen molar-refractivity contribution in [3.05, 3.63) is 29.1 Å². The van der Waals surface area contributed by atoms with Gasteiger partial charge in [0, 0.05) is 23.3 Å². The van der Waals surface area contributed by atoms with Crippen LogP contribution in [0.3, 0.4) is 0 Å². The van der Waals surface area contributed by atoms with E-state index in [-0.39, 0.29) is 29.4 Å². The maximum atomic E-state index is 13.1. The van der Waals surface area contributed by atoms with Crippen LogP contribution in [0.4, 0.5) is 0 Å². The maximum Gasteiger partial charge on any atom is 0.258 e. The average molecular weight is 434 g/mol. The molecule has 3 saturated carbocycles. The van der Waals surface area contributed by atoms with Gasteiger partial charge in [-0.1, -0.05) is 26.8 Å². The Balaban J connectivity index is 1.56. The Kier molecular flexibility index (Phi) is 5.41. The van der Waals surface area contributed by atoms with Gasteiger partial charge in [-0.05, 0) is 49.9 Å². The van der Waals surface area contributed by atoms with Gasteiger partial charge in [0.1, 0.15) is 17.5 Å². The number of sulfone groups is 1. The summed E-state index contributed by atoms with van der Waals surface area (Å²) in [6.07, 6.45) is 9.60. The van der Waals surface area contributed by atoms with E-state index < -0.39 is 9.84 Å². The second-order valence-electron chi connectivity index (χ2n) is 10.1. The molecular weight excluding hydrogens is 402 g/mol. The first-order valence-corrected chi connectivity index (χ1v) is 12.7. The number of aromatic nitrogens is 2. The molecule has 1 heterocycles. The van der Waals surface area contributed by atoms with Crippen molar-refractivity contribution < 1.29 is 17.9 Å². The van der Waals surface area contributed by atoms with Crippen molar-refractivity contribution in [2.24, 2.45) is 17.8 Å². The van der Waals surface area contributed by atoms with Crippen LogP contribution in [0.2, 0.25) is 0 Å². The Labute approximate surface area is 178 Å². The van der Waals surface area contributed by atoms with Crippen molar-refractivity contribution in [3.63, 3.8) is 0 Å². The third-order valence-electron chi connectivity index (χ3n) is 6.11. The smallest absolute Gasteiger partial charge is 0.258 e. The summed E-state index contributed by atoms with van der Waals surface area (Å²) in [5, 5.41) is 4.12. The van der Waals surface area contributed by atoms with E-state index in [2.05, 4.69) is 15.3 Å². The first-order chi connectivity index (χ1) is 14.0. The minimum Gasteiger partial charge on any atom is -0.474 e. The number of carbonyl (C=O) groups is 1. The number of amides is 1. The standard InChI is InChI=1S/C22H31N3O4S/c1-22(2,3)21-23-12-17(20(25-21)29-16-10-14-9-15(14)11-16)19(26)24-18(13-5-6-13)7-8-30(4,27)28/h7-8,12-16,18H,5-6,9-11H2,1-4H3,(H,24,26)/b8-7+/t14-,15+,16?,18?. The minimum absolute atomic E-state index is 0.0902. The number of hydrogen-bond acceptors (Lipinski definition) is 6. The summed E-state index contributed by atoms with van der Waals surface area (Å²) >= 11 is 0. The zero-order valence-corrected chi connectivity index (χ0v) is 18.9. The SMILES string of the molecule is CC(C)(C)c1ncc(C(=O)NC(/C=C/S(C)(=O)=O)C2CC2)c(OC2C[C@@H]3C[C@@H]3C2)n1. The molecule has 0 spiro atoms. The fraction of sp³-hybridized carbons (Fsp3) is 0.682. The van der Waals surface area contributed by atoms with Crippen LogP contribution >= 0.6 is 0 Å². The number of nitrogens with zero attached hydrogens (tertiary/aromatic N) is 2. The fourth-order valence-electron chi connectivity index (χ4n) is 4.12. The highest BCUT2D eigenvalue weighted by molar-refractivity contribution is 7.93. The van der Waals surface area contributed by atoms with Crippen LogP contribution in [0.5, 0.6) is 5.88 Å². The van der Waals surface area contributed by atoms with Crippen molar-refractivity contribution in [1.29, 1.82) is 0 Å². The summed E-state index contributed by atoms with van der Waals surface area (Å²) < 4.78 is 29.2. The monoisotopic (exact) mass is 433 g/mol. The van der Waals surface area contributed by atoms with Crippen LogP contribution in [0.1, 0.15) is 69.1 Å². The summed E-state index contributed by atoms with van der Waals surface area (Å²) in [7, 11) is -3.25. The number of carbonyl (C=O) groups excluding carboxylic acids is 1. The van der Waals surface area contributed by atoms with Crippen molar-refractivity contribution in [2.45, 2.75) is 70.4 Å². The molecule has 1 aromatic rings. The Morgan fingerprint density at radius 2 is 1.90 bits per heavy atom. The molecule has 1 aromatic heterocycles. The Bertz CT molecular complexity index is 953. The minimum atomic E-state index is -3.25. The van der Waals surface area contributed by atoms with Gasteiger partial charge in [-0.25, -0.2) is 13.4 Å². The third kappa shape index (κ3) is 5.20. The maximum absolute atomic E-state index is 13.1. The first-order valence-electron chi connectivity index (χ1n) is 10.7. The molecule has 4 rings (SSSR count). The molecule has 2 unspecified atom stereocenters. The molecule has 3 aliphatic carbocycles. The highest BCUT2D eigenvalue weighted by Crippen LogP contribution is 2.52. The summed E-state index contributed by atoms with van der Waals surface area (Å²) in [4.78, 5) is 22.1. The van der Waals surface area contributed by atoms with Crippen LogP contribution in [0.15, 0.2) is 17.7 Å². The zero-order valence-electron chi connectivity index (χ0n) is 18.1. The number of hydrogen-bond donors (Lipinski definition) is 1. The normalized spacial score (nSPS) is 27.0. The molecule has 164 valence electrons. The molecule has 0 aromatic carbocycles. The summed E-state index contributed by atoms with van der Waals surface area (Å²) in [5.41, 5.74) is 0.0432. The van der Waals surface area contributed by atoms with Gasteiger partial charge in [-0.15, -0.1) is 0 Å². The van der Waals surface area contributed by atoms with E-state index in [0.717, 1.165) is 49.2 Å². The van der Waals surface area contributed by atoms with Gasteiger partial charge in [0.2, 0.25) is 5.88 Å². The molecule has 8 heteroatoms. The molecule has 30 heavy (non-hydrogen) atoms. The summed E-state index contributed by atoms with van der Waals surface area (Å²) in [5.74, 6) is 2.41. The average Bonchev–Trinajstić information content (AvgIpc) is 3.56. The van der Waals surface area contributed by atoms with E-state index in [9.17, 15) is 13.2 Å². The van der Waals surface area contributed by atoms with Crippen LogP contribution in [0, 0.1) is 17.8 Å². The van der Waals surface area contributed by atoms with E-state index in [1.165, 1.54) is 12.6 Å². The van der Waals surface area contributed by atoms with Crippen LogP contribution in [0.25, 0.3) is 0 Å². The van der Waals surface area contributed by atoms with E-state index in [1.54, 1.807) is 6.08 Å². The second-order valence-corrected chi connectivity index (χ2v) is 12.1. The highest BCUT2D eigenvalue weighted by atomic mass is 32.2. The number of ether oxygens (including phenoxy) is 1. The highest BCUT2D eigenvalue weighted by Gasteiger charge is 2.47. The quantitative estimate of drug-likeness (QED) is 0.710. The number of rotatable bonds is 7. The van der Waals surface area contributed by atoms with Gasteiger partial charge in [-0.2, -0.15) is 4.98 Å². The summed E-state index contributed by atoms with van der Waals surface area (Å²) in [6, 6.07) is -0.332. The van der Waals surface area contributed by atoms with E-state index in [4.69, 9.17) is 4.74 Å². The lowest BCUT2D eigenvalue weighted by Gasteiger charge is -2.22. The van der Waals surface area contributed by atoms with Gasteiger partial charge < -0.3 is 10.1 Å². The lowest BCUT2D eigenvalue weighted by molar-refractivity contribution is 0.0929. The van der Waals surface area contributed by atoms with E-state index >= 15 is 0 Å². The predicted octanol–water partition coefficient (Wildman–Crippen LogP) is 3.02. The Hall–Kier alpha value is -1.96. The van der Waals surface area contributed by atoms with Crippen LogP contribution < -0.4 is 10.1 Å². The molecule has 0 bridgehead atoms. The van der Waals surface area contributed by atoms with Crippen molar-refractivity contribution in [1.82, 2.24) is 15.3 Å². The van der Waals surface area contributed by atoms with Gasteiger partial charge in [0.25, 0.3) is 5.91 Å². The molecule has 0 radical (unpaired) electrons. The van der Waals surface area contributed by atoms with Gasteiger partial charge in [0.05, 0.1) is 6.04 Å². The van der Waals surface area contributed by atoms with Gasteiger partial charge in [-0.3, -0.25) is 4.79 Å². The van der Waals surface area contributed by atoms with E-state index in [0.29, 0.717) is 17.3 Å². The number of fused-ring (bicyclic) bond motifs is 1. The Morgan fingerprint density at radius 3 is 2.47 bits per heavy atom. The molecule has 0 aliphatic heterocycles. The topological polar surface area (TPSA) is 98.2 Å². The third-order valence-corrected chi connectivity index (χ3v) is 6.76. The molecular formula is C22H31N3O4S. The molecule has 4 atom stereocenters. The van der Waals surface area contributed by atoms with Crippen LogP contribution in [-0.2, 0) is 15.3 Å². The second kappa shape index (κ2) is 7.62. The summed E-state index contributed by atoms with van der Waals surface area (Å²) in [6.45, 7) is 6.07. The molecule has 3 aliphatic rings. The molecule has 3 fully saturated rings. The van der Waals surface area contributed by atoms with E-state index in [1.807, 2.05) is 20.8 Å². The van der Waals surface area contributed by atoms with Crippen molar-refractivity contribution in [3.8, 4) is 5.88 Å².